The molecule has 100 valence electrons. The van der Waals surface area contributed by atoms with Gasteiger partial charge in [0.2, 0.25) is 5.82 Å². The number of hydrogen-bond acceptors (Lipinski definition) is 2. The lowest BCUT2D eigenvalue weighted by atomic mass is 10.1. The fraction of sp³-hybridized carbons (Fsp3) is 0.167. The summed E-state index contributed by atoms with van der Waals surface area (Å²) < 4.78 is 38.8. The number of carbonyl (C=O) groups is 1. The fourth-order valence-electron chi connectivity index (χ4n) is 1.69. The average molecular weight is 270 g/mol. The number of imidazole rings is 1. The normalized spacial score (nSPS) is 11.5. The van der Waals surface area contributed by atoms with E-state index >= 15 is 0 Å². The van der Waals surface area contributed by atoms with Crippen molar-refractivity contribution in [3.63, 3.8) is 0 Å². The van der Waals surface area contributed by atoms with E-state index in [4.69, 9.17) is 5.11 Å². The lowest BCUT2D eigenvalue weighted by Crippen LogP contribution is -2.15. The molecule has 0 atom stereocenters. The first kappa shape index (κ1) is 13.1. The molecule has 0 saturated carbocycles. The van der Waals surface area contributed by atoms with Gasteiger partial charge in [0, 0.05) is 18.9 Å². The van der Waals surface area contributed by atoms with Crippen LogP contribution in [0.2, 0.25) is 0 Å². The predicted molar refractivity (Wildman–Crippen MR) is 59.7 cm³/mol. The first-order chi connectivity index (χ1) is 8.88. The Bertz CT molecular complexity index is 605. The molecule has 1 N–H and O–H groups in total. The van der Waals surface area contributed by atoms with Gasteiger partial charge in [-0.05, 0) is 17.7 Å². The Hall–Kier alpha value is -2.31. The Labute approximate surface area is 106 Å². The number of rotatable bonds is 3. The molecule has 2 rings (SSSR count). The van der Waals surface area contributed by atoms with Crippen molar-refractivity contribution in [3.8, 4) is 0 Å². The first-order valence-electron chi connectivity index (χ1n) is 5.28. The van der Waals surface area contributed by atoms with E-state index in [-0.39, 0.29) is 12.1 Å². The van der Waals surface area contributed by atoms with Crippen LogP contribution in [0.1, 0.15) is 21.7 Å². The summed E-state index contributed by atoms with van der Waals surface area (Å²) in [6, 6.07) is 5.77. The number of hydrogen-bond donors (Lipinski definition) is 1. The second kappa shape index (κ2) is 4.75. The van der Waals surface area contributed by atoms with Gasteiger partial charge < -0.3 is 9.67 Å². The van der Waals surface area contributed by atoms with E-state index in [2.05, 4.69) is 4.98 Å². The van der Waals surface area contributed by atoms with Gasteiger partial charge in [-0.2, -0.15) is 13.2 Å². The molecule has 0 bridgehead atoms. The zero-order chi connectivity index (χ0) is 14.0. The summed E-state index contributed by atoms with van der Waals surface area (Å²) in [4.78, 5) is 14.0. The summed E-state index contributed by atoms with van der Waals surface area (Å²) in [5.41, 5.74) is 0.495. The molecule has 0 saturated heterocycles. The van der Waals surface area contributed by atoms with E-state index in [1.807, 2.05) is 0 Å². The molecule has 0 aliphatic carbocycles. The van der Waals surface area contributed by atoms with Crippen molar-refractivity contribution in [3.05, 3.63) is 53.6 Å². The SMILES string of the molecule is O=C(O)c1cccc(Cn2ccnc2C(F)(F)F)c1. The van der Waals surface area contributed by atoms with Crippen LogP contribution >= 0.6 is 0 Å². The van der Waals surface area contributed by atoms with E-state index in [9.17, 15) is 18.0 Å². The summed E-state index contributed by atoms with van der Waals surface area (Å²) in [6.07, 6.45) is -2.27. The number of benzene rings is 1. The van der Waals surface area contributed by atoms with Gasteiger partial charge in [-0.1, -0.05) is 12.1 Å². The van der Waals surface area contributed by atoms with Crippen LogP contribution in [-0.2, 0) is 12.7 Å². The lowest BCUT2D eigenvalue weighted by molar-refractivity contribution is -0.147. The number of nitrogens with zero attached hydrogens (tertiary/aromatic N) is 2. The van der Waals surface area contributed by atoms with E-state index in [1.165, 1.54) is 24.4 Å². The van der Waals surface area contributed by atoms with Crippen molar-refractivity contribution < 1.29 is 23.1 Å². The second-order valence-electron chi connectivity index (χ2n) is 3.88. The van der Waals surface area contributed by atoms with Crippen molar-refractivity contribution in [2.75, 3.05) is 0 Å². The molecule has 1 heterocycles. The average Bonchev–Trinajstić information content (AvgIpc) is 2.77. The van der Waals surface area contributed by atoms with Crippen molar-refractivity contribution >= 4 is 5.97 Å². The maximum atomic E-state index is 12.6. The maximum absolute atomic E-state index is 12.6. The minimum Gasteiger partial charge on any atom is -0.478 e. The summed E-state index contributed by atoms with van der Waals surface area (Å²) in [6.45, 7) is -0.0873. The standard InChI is InChI=1S/C12H9F3N2O2/c13-12(14,15)11-16-4-5-17(11)7-8-2-1-3-9(6-8)10(18)19/h1-6H,7H2,(H,18,19). The van der Waals surface area contributed by atoms with Crippen molar-refractivity contribution in [2.24, 2.45) is 0 Å². The third-order valence-electron chi connectivity index (χ3n) is 2.50. The van der Waals surface area contributed by atoms with Crippen LogP contribution in [0.3, 0.4) is 0 Å². The van der Waals surface area contributed by atoms with Crippen molar-refractivity contribution in [2.45, 2.75) is 12.7 Å². The van der Waals surface area contributed by atoms with Gasteiger partial charge in [0.05, 0.1) is 5.56 Å². The molecule has 0 amide bonds. The molecule has 0 spiro atoms. The molecule has 0 aliphatic rings. The molecule has 0 aliphatic heterocycles. The number of aromatic nitrogens is 2. The Morgan fingerprint density at radius 3 is 2.74 bits per heavy atom. The van der Waals surface area contributed by atoms with E-state index in [0.717, 1.165) is 10.8 Å². The molecule has 2 aromatic rings. The second-order valence-corrected chi connectivity index (χ2v) is 3.88. The van der Waals surface area contributed by atoms with Crippen LogP contribution in [0, 0.1) is 0 Å². The Balaban J connectivity index is 2.29. The van der Waals surface area contributed by atoms with E-state index < -0.39 is 18.0 Å². The van der Waals surface area contributed by atoms with Crippen molar-refractivity contribution in [1.82, 2.24) is 9.55 Å². The molecule has 0 unspecified atom stereocenters. The summed E-state index contributed by atoms with van der Waals surface area (Å²) in [5, 5.41) is 8.82. The monoisotopic (exact) mass is 270 g/mol. The number of carboxylic acids is 1. The van der Waals surface area contributed by atoms with Gasteiger partial charge in [0.15, 0.2) is 0 Å². The highest BCUT2D eigenvalue weighted by atomic mass is 19.4. The van der Waals surface area contributed by atoms with Crippen LogP contribution in [-0.4, -0.2) is 20.6 Å². The maximum Gasteiger partial charge on any atom is 0.449 e. The van der Waals surface area contributed by atoms with E-state index in [1.54, 1.807) is 6.07 Å². The van der Waals surface area contributed by atoms with Gasteiger partial charge in [0.1, 0.15) is 0 Å². The van der Waals surface area contributed by atoms with Crippen LogP contribution in [0.15, 0.2) is 36.7 Å². The third kappa shape index (κ3) is 2.93. The number of halogens is 3. The lowest BCUT2D eigenvalue weighted by Gasteiger charge is -2.10. The highest BCUT2D eigenvalue weighted by molar-refractivity contribution is 5.87. The molecule has 19 heavy (non-hydrogen) atoms. The van der Waals surface area contributed by atoms with Gasteiger partial charge in [0.25, 0.3) is 0 Å². The smallest absolute Gasteiger partial charge is 0.449 e. The summed E-state index contributed by atoms with van der Waals surface area (Å²) in [5.74, 6) is -2.13. The largest absolute Gasteiger partial charge is 0.478 e. The fourth-order valence-corrected chi connectivity index (χ4v) is 1.69. The molecular formula is C12H9F3N2O2. The Morgan fingerprint density at radius 2 is 2.11 bits per heavy atom. The first-order valence-corrected chi connectivity index (χ1v) is 5.28. The quantitative estimate of drug-likeness (QED) is 0.932. The van der Waals surface area contributed by atoms with E-state index in [0.29, 0.717) is 5.56 Å². The van der Waals surface area contributed by atoms with Crippen LogP contribution in [0.5, 0.6) is 0 Å². The highest BCUT2D eigenvalue weighted by Gasteiger charge is 2.35. The number of carboxylic acid groups (broad SMARTS) is 1. The molecule has 0 radical (unpaired) electrons. The Kier molecular flexibility index (Phi) is 3.28. The van der Waals surface area contributed by atoms with Gasteiger partial charge in [-0.3, -0.25) is 0 Å². The Morgan fingerprint density at radius 1 is 1.37 bits per heavy atom. The topological polar surface area (TPSA) is 55.1 Å². The third-order valence-corrected chi connectivity index (χ3v) is 2.50. The van der Waals surface area contributed by atoms with Gasteiger partial charge in [-0.15, -0.1) is 0 Å². The predicted octanol–water partition coefficient (Wildman–Crippen LogP) is 2.65. The minimum absolute atomic E-state index is 0.0335. The number of aromatic carboxylic acids is 1. The highest BCUT2D eigenvalue weighted by Crippen LogP contribution is 2.28. The molecule has 4 nitrogen and oxygen atoms in total. The van der Waals surface area contributed by atoms with Gasteiger partial charge >= 0.3 is 12.1 Å². The molecular weight excluding hydrogens is 261 g/mol. The van der Waals surface area contributed by atoms with Crippen LogP contribution < -0.4 is 0 Å². The number of alkyl halides is 3. The molecule has 1 aromatic carbocycles. The summed E-state index contributed by atoms with van der Waals surface area (Å²) >= 11 is 0. The summed E-state index contributed by atoms with van der Waals surface area (Å²) in [7, 11) is 0. The van der Waals surface area contributed by atoms with Crippen LogP contribution in [0.4, 0.5) is 13.2 Å². The molecule has 0 fully saturated rings. The zero-order valence-electron chi connectivity index (χ0n) is 9.55. The molecule has 1 aromatic heterocycles. The van der Waals surface area contributed by atoms with Crippen LogP contribution in [0.25, 0.3) is 0 Å². The van der Waals surface area contributed by atoms with Crippen molar-refractivity contribution in [1.29, 1.82) is 0 Å². The minimum atomic E-state index is -4.53. The zero-order valence-corrected chi connectivity index (χ0v) is 9.55. The van der Waals surface area contributed by atoms with Gasteiger partial charge in [-0.25, -0.2) is 9.78 Å². The molecule has 7 heteroatoms.